The number of hydrogen-bond acceptors (Lipinski definition) is 4. The highest BCUT2D eigenvalue weighted by atomic mass is 19.3. The van der Waals surface area contributed by atoms with Crippen LogP contribution < -0.4 is 5.46 Å². The first-order valence-corrected chi connectivity index (χ1v) is 9.00. The van der Waals surface area contributed by atoms with Crippen LogP contribution in [0.1, 0.15) is 46.1 Å². The van der Waals surface area contributed by atoms with Crippen molar-refractivity contribution in [3.63, 3.8) is 0 Å². The van der Waals surface area contributed by atoms with Crippen molar-refractivity contribution in [1.82, 2.24) is 4.90 Å². The van der Waals surface area contributed by atoms with Crippen LogP contribution in [0.3, 0.4) is 0 Å². The van der Waals surface area contributed by atoms with Crippen LogP contribution in [0.4, 0.5) is 8.78 Å². The van der Waals surface area contributed by atoms with Crippen LogP contribution in [0, 0.1) is 10.8 Å². The van der Waals surface area contributed by atoms with Crippen molar-refractivity contribution in [2.45, 2.75) is 63.1 Å². The maximum atomic E-state index is 13.8. The molecule has 3 rings (SSSR count). The number of amidine groups is 1. The van der Waals surface area contributed by atoms with E-state index in [1.54, 1.807) is 18.2 Å². The van der Waals surface area contributed by atoms with Crippen LogP contribution in [-0.4, -0.2) is 48.4 Å². The lowest BCUT2D eigenvalue weighted by molar-refractivity contribution is -0.107. The molecule has 2 fully saturated rings. The smallest absolute Gasteiger partial charge is 0.399 e. The molecule has 8 heteroatoms. The Morgan fingerprint density at radius 2 is 1.70 bits per heavy atom. The van der Waals surface area contributed by atoms with Crippen molar-refractivity contribution in [3.8, 4) is 0 Å². The van der Waals surface area contributed by atoms with Gasteiger partial charge in [0, 0.05) is 19.9 Å². The van der Waals surface area contributed by atoms with Crippen molar-refractivity contribution in [3.05, 3.63) is 29.8 Å². The molecule has 0 unspecified atom stereocenters. The van der Waals surface area contributed by atoms with Gasteiger partial charge in [0.05, 0.1) is 23.0 Å². The summed E-state index contributed by atoms with van der Waals surface area (Å²) in [7, 11) is 0.938. The van der Waals surface area contributed by atoms with E-state index in [0.29, 0.717) is 5.56 Å². The van der Waals surface area contributed by atoms with Gasteiger partial charge >= 0.3 is 7.12 Å². The lowest BCUT2D eigenvalue weighted by atomic mass is 9.60. The topological polar surface area (TPSA) is 69.4 Å². The van der Waals surface area contributed by atoms with Crippen molar-refractivity contribution >= 4 is 24.8 Å². The molecule has 0 amide bonds. The molecule has 27 heavy (non-hydrogen) atoms. The van der Waals surface area contributed by atoms with E-state index in [9.17, 15) is 8.78 Å². The lowest BCUT2D eigenvalue weighted by Crippen LogP contribution is -2.58. The summed E-state index contributed by atoms with van der Waals surface area (Å²) in [6.07, 6.45) is 0.0896. The minimum atomic E-state index is -2.81. The van der Waals surface area contributed by atoms with Crippen molar-refractivity contribution in [1.29, 1.82) is 10.8 Å². The summed E-state index contributed by atoms with van der Waals surface area (Å²) in [6.45, 7) is 7.83. The molecule has 1 aromatic rings. The SMILES string of the molecule is CN(C=N)C(=N)C1(c2cccc(B3OC(C)(C)C(C)(C)O3)c2)CC(F)(F)C1. The van der Waals surface area contributed by atoms with E-state index in [1.807, 2.05) is 33.8 Å². The molecular weight excluding hydrogens is 351 g/mol. The molecule has 146 valence electrons. The van der Waals surface area contributed by atoms with Gasteiger partial charge in [0.1, 0.15) is 5.84 Å². The summed E-state index contributed by atoms with van der Waals surface area (Å²) in [5, 5.41) is 15.8. The van der Waals surface area contributed by atoms with E-state index in [0.717, 1.165) is 11.8 Å². The molecule has 2 N–H and O–H groups in total. The monoisotopic (exact) mass is 377 g/mol. The second-order valence-corrected chi connectivity index (χ2v) is 8.59. The van der Waals surface area contributed by atoms with Crippen LogP contribution in [0.2, 0.25) is 0 Å². The molecule has 0 radical (unpaired) electrons. The molecule has 0 atom stereocenters. The average Bonchev–Trinajstić information content (AvgIpc) is 2.78. The Labute approximate surface area is 159 Å². The second-order valence-electron chi connectivity index (χ2n) is 8.59. The predicted molar refractivity (Wildman–Crippen MR) is 102 cm³/mol. The fourth-order valence-electron chi connectivity index (χ4n) is 3.70. The van der Waals surface area contributed by atoms with Gasteiger partial charge in [-0.25, -0.2) is 8.78 Å². The standard InChI is InChI=1S/C19H26BF2N3O2/c1-16(2)17(3,4)27-20(26-16)14-8-6-7-13(9-14)18(10-19(21,22)11-18)15(24)25(5)12-23/h6-9,12,23-24H,10-11H2,1-5H3. The minimum Gasteiger partial charge on any atom is -0.399 e. The van der Waals surface area contributed by atoms with Gasteiger partial charge in [-0.1, -0.05) is 24.3 Å². The quantitative estimate of drug-likeness (QED) is 0.481. The second kappa shape index (κ2) is 6.11. The van der Waals surface area contributed by atoms with Gasteiger partial charge in [-0.2, -0.15) is 0 Å². The number of alkyl halides is 2. The number of benzene rings is 1. The van der Waals surface area contributed by atoms with Gasteiger partial charge in [0.2, 0.25) is 0 Å². The molecule has 2 aliphatic rings. The van der Waals surface area contributed by atoms with E-state index >= 15 is 0 Å². The van der Waals surface area contributed by atoms with Crippen LogP contribution in [0.15, 0.2) is 24.3 Å². The zero-order valence-corrected chi connectivity index (χ0v) is 16.4. The summed E-state index contributed by atoms with van der Waals surface area (Å²) in [5.41, 5.74) is -0.746. The van der Waals surface area contributed by atoms with E-state index in [2.05, 4.69) is 0 Å². The molecule has 1 saturated carbocycles. The normalized spacial score (nSPS) is 24.2. The summed E-state index contributed by atoms with van der Waals surface area (Å²) < 4.78 is 39.8. The Balaban J connectivity index is 1.96. The Morgan fingerprint density at radius 1 is 1.15 bits per heavy atom. The third kappa shape index (κ3) is 3.19. The van der Waals surface area contributed by atoms with Gasteiger partial charge in [-0.3, -0.25) is 10.8 Å². The summed E-state index contributed by atoms with van der Waals surface area (Å²) in [5.74, 6) is -2.82. The first kappa shape index (κ1) is 20.0. The third-order valence-corrected chi connectivity index (χ3v) is 6.09. The molecule has 1 heterocycles. The molecule has 5 nitrogen and oxygen atoms in total. The molecular formula is C19H26BF2N3O2. The Bertz CT molecular complexity index is 758. The van der Waals surface area contributed by atoms with Crippen LogP contribution in [-0.2, 0) is 14.7 Å². The van der Waals surface area contributed by atoms with Gasteiger partial charge < -0.3 is 14.2 Å². The number of rotatable bonds is 4. The zero-order chi connectivity index (χ0) is 20.3. The fraction of sp³-hybridized carbons (Fsp3) is 0.579. The van der Waals surface area contributed by atoms with Gasteiger partial charge in [0.25, 0.3) is 5.92 Å². The van der Waals surface area contributed by atoms with Gasteiger partial charge in [-0.05, 0) is 38.7 Å². The molecule has 1 aromatic carbocycles. The number of hydrogen-bond donors (Lipinski definition) is 2. The number of nitrogens with zero attached hydrogens (tertiary/aromatic N) is 1. The van der Waals surface area contributed by atoms with Gasteiger partial charge in [-0.15, -0.1) is 0 Å². The molecule has 1 aliphatic carbocycles. The van der Waals surface area contributed by atoms with E-state index in [1.165, 1.54) is 11.9 Å². The maximum Gasteiger partial charge on any atom is 0.494 e. The minimum absolute atomic E-state index is 0.00510. The fourth-order valence-corrected chi connectivity index (χ4v) is 3.70. The summed E-state index contributed by atoms with van der Waals surface area (Å²) in [6, 6.07) is 7.19. The van der Waals surface area contributed by atoms with Crippen LogP contribution >= 0.6 is 0 Å². The molecule has 0 bridgehead atoms. The van der Waals surface area contributed by atoms with Crippen LogP contribution in [0.25, 0.3) is 0 Å². The predicted octanol–water partition coefficient (Wildman–Crippen LogP) is 3.17. The third-order valence-electron chi connectivity index (χ3n) is 6.09. The summed E-state index contributed by atoms with van der Waals surface area (Å²) in [4.78, 5) is 1.27. The molecule has 0 aromatic heterocycles. The number of nitrogens with one attached hydrogen (secondary N) is 2. The van der Waals surface area contributed by atoms with E-state index in [4.69, 9.17) is 20.1 Å². The van der Waals surface area contributed by atoms with Crippen LogP contribution in [0.5, 0.6) is 0 Å². The number of likely N-dealkylation sites (N-methyl/N-ethyl adjacent to an activating group) is 1. The van der Waals surface area contributed by atoms with E-state index in [-0.39, 0.29) is 5.84 Å². The maximum absolute atomic E-state index is 13.8. The Kier molecular flexibility index (Phi) is 4.51. The molecule has 1 aliphatic heterocycles. The Hall–Kier alpha value is -1.80. The number of halogens is 2. The highest BCUT2D eigenvalue weighted by Crippen LogP contribution is 2.54. The lowest BCUT2D eigenvalue weighted by Gasteiger charge is -2.49. The largest absolute Gasteiger partial charge is 0.494 e. The highest BCUT2D eigenvalue weighted by Gasteiger charge is 2.61. The van der Waals surface area contributed by atoms with E-state index < -0.39 is 42.5 Å². The van der Waals surface area contributed by atoms with Crippen molar-refractivity contribution in [2.75, 3.05) is 7.05 Å². The van der Waals surface area contributed by atoms with Crippen molar-refractivity contribution in [2.24, 2.45) is 0 Å². The van der Waals surface area contributed by atoms with Crippen molar-refractivity contribution < 1.29 is 18.1 Å². The molecule has 0 spiro atoms. The Morgan fingerprint density at radius 3 is 2.19 bits per heavy atom. The first-order chi connectivity index (χ1) is 12.3. The summed E-state index contributed by atoms with van der Waals surface area (Å²) >= 11 is 0. The average molecular weight is 377 g/mol. The highest BCUT2D eigenvalue weighted by molar-refractivity contribution is 6.62. The first-order valence-electron chi connectivity index (χ1n) is 9.00. The molecule has 1 saturated heterocycles. The zero-order valence-electron chi connectivity index (χ0n) is 16.4. The van der Waals surface area contributed by atoms with Gasteiger partial charge in [0.15, 0.2) is 0 Å².